The normalized spacial score (nSPS) is 30.4. The minimum atomic E-state index is -1.03. The van der Waals surface area contributed by atoms with Crippen LogP contribution in [0.25, 0.3) is 0 Å². The van der Waals surface area contributed by atoms with Crippen molar-refractivity contribution in [2.24, 2.45) is 11.8 Å². The Morgan fingerprint density at radius 1 is 1.14 bits per heavy atom. The van der Waals surface area contributed by atoms with E-state index in [-0.39, 0.29) is 24.3 Å². The monoisotopic (exact) mass is 517 g/mol. The first kappa shape index (κ1) is 29.4. The average Bonchev–Trinajstić information content (AvgIpc) is 3.39. The lowest BCUT2D eigenvalue weighted by molar-refractivity contribution is -0.156. The molecule has 0 aromatic heterocycles. The first-order chi connectivity index (χ1) is 17.4. The number of likely N-dealkylation sites (tertiary alicyclic amines) is 1. The van der Waals surface area contributed by atoms with Gasteiger partial charge < -0.3 is 24.5 Å². The van der Waals surface area contributed by atoms with Crippen LogP contribution in [-0.4, -0.2) is 93.1 Å². The summed E-state index contributed by atoms with van der Waals surface area (Å²) in [5.74, 6) is -1.73. The van der Waals surface area contributed by atoms with Crippen molar-refractivity contribution in [2.75, 3.05) is 32.8 Å². The highest BCUT2D eigenvalue weighted by Crippen LogP contribution is 2.63. The number of carbonyl (C=O) groups is 3. The smallest absolute Gasteiger partial charge is 0.249 e. The van der Waals surface area contributed by atoms with Crippen LogP contribution in [0.2, 0.25) is 0 Å². The number of ether oxygens (including phenoxy) is 1. The highest BCUT2D eigenvalue weighted by atomic mass is 16.5. The van der Waals surface area contributed by atoms with E-state index in [1.54, 1.807) is 26.9 Å². The summed E-state index contributed by atoms with van der Waals surface area (Å²) in [4.78, 5) is 47.7. The van der Waals surface area contributed by atoms with Crippen LogP contribution < -0.4 is 0 Å². The summed E-state index contributed by atoms with van der Waals surface area (Å²) in [5, 5.41) is 9.23. The van der Waals surface area contributed by atoms with E-state index in [1.807, 2.05) is 34.6 Å². The molecule has 3 saturated heterocycles. The van der Waals surface area contributed by atoms with Gasteiger partial charge in [0, 0.05) is 38.3 Å². The number of unbranched alkanes of at least 4 members (excludes halogenated alkanes) is 2. The number of hydrogen-bond acceptors (Lipinski definition) is 5. The van der Waals surface area contributed by atoms with E-state index in [9.17, 15) is 19.5 Å². The summed E-state index contributed by atoms with van der Waals surface area (Å²) in [5.41, 5.74) is -2.31. The van der Waals surface area contributed by atoms with Crippen LogP contribution in [0.1, 0.15) is 73.1 Å². The lowest BCUT2D eigenvalue weighted by Crippen LogP contribution is -2.60. The van der Waals surface area contributed by atoms with Gasteiger partial charge in [-0.2, -0.15) is 0 Å². The molecule has 2 unspecified atom stereocenters. The van der Waals surface area contributed by atoms with Gasteiger partial charge in [-0.3, -0.25) is 14.4 Å². The summed E-state index contributed by atoms with van der Waals surface area (Å²) in [6, 6.07) is -0.794. The number of rotatable bonds is 13. The third-order valence-electron chi connectivity index (χ3n) is 8.38. The van der Waals surface area contributed by atoms with E-state index < -0.39 is 34.6 Å². The molecule has 0 aromatic rings. The fraction of sp³-hybridized carbons (Fsp3) is 0.759. The average molecular weight is 518 g/mol. The standard InChI is InChI=1S/C29H47N3O5/c1-8-16-30(17-9-2)24(34)21-22-25(35)31(19-12-11-13-20-33)23(29(22)15-14-28(21,7)37-29)26(36)32(18-10-3)27(4,5)6/h8,10,21-23,33H,1,3,9,11-20H2,2,4-7H3/t21-,22+,23?,28+,29?/m1/s1. The fourth-order valence-corrected chi connectivity index (χ4v) is 6.78. The van der Waals surface area contributed by atoms with Crippen LogP contribution in [0, 0.1) is 11.8 Å². The van der Waals surface area contributed by atoms with Crippen molar-refractivity contribution in [2.45, 2.75) is 95.9 Å². The molecule has 3 rings (SSSR count). The van der Waals surface area contributed by atoms with Crippen LogP contribution in [0.5, 0.6) is 0 Å². The zero-order valence-corrected chi connectivity index (χ0v) is 23.5. The molecule has 0 aromatic carbocycles. The number of aliphatic hydroxyl groups is 1. The Bertz CT molecular complexity index is 898. The van der Waals surface area contributed by atoms with Gasteiger partial charge in [0.2, 0.25) is 17.7 Å². The van der Waals surface area contributed by atoms with Crippen LogP contribution in [0.15, 0.2) is 25.3 Å². The third-order valence-corrected chi connectivity index (χ3v) is 8.38. The molecular weight excluding hydrogens is 470 g/mol. The van der Waals surface area contributed by atoms with Crippen molar-refractivity contribution in [1.82, 2.24) is 14.7 Å². The number of nitrogens with zero attached hydrogens (tertiary/aromatic N) is 3. The second kappa shape index (κ2) is 11.3. The van der Waals surface area contributed by atoms with E-state index in [0.29, 0.717) is 51.9 Å². The van der Waals surface area contributed by atoms with Crippen LogP contribution >= 0.6 is 0 Å². The molecule has 0 radical (unpaired) electrons. The zero-order chi connectivity index (χ0) is 27.6. The highest BCUT2D eigenvalue weighted by molar-refractivity contribution is 5.99. The summed E-state index contributed by atoms with van der Waals surface area (Å²) in [6.07, 6.45) is 7.47. The minimum absolute atomic E-state index is 0.0868. The molecule has 37 heavy (non-hydrogen) atoms. The van der Waals surface area contributed by atoms with Gasteiger partial charge >= 0.3 is 0 Å². The van der Waals surface area contributed by atoms with Crippen molar-refractivity contribution in [1.29, 1.82) is 0 Å². The molecule has 1 N–H and O–H groups in total. The van der Waals surface area contributed by atoms with Crippen molar-refractivity contribution in [3.05, 3.63) is 25.3 Å². The van der Waals surface area contributed by atoms with Gasteiger partial charge in [0.1, 0.15) is 11.6 Å². The van der Waals surface area contributed by atoms with Gasteiger partial charge in [-0.1, -0.05) is 19.1 Å². The molecular formula is C29H47N3O5. The van der Waals surface area contributed by atoms with Crippen molar-refractivity contribution >= 4 is 17.7 Å². The maximum absolute atomic E-state index is 14.3. The highest BCUT2D eigenvalue weighted by Gasteiger charge is 2.78. The summed E-state index contributed by atoms with van der Waals surface area (Å²) >= 11 is 0. The van der Waals surface area contributed by atoms with Crippen LogP contribution in [0.3, 0.4) is 0 Å². The first-order valence-corrected chi connectivity index (χ1v) is 13.9. The predicted molar refractivity (Wildman–Crippen MR) is 144 cm³/mol. The number of aliphatic hydroxyl groups excluding tert-OH is 1. The maximum atomic E-state index is 14.3. The summed E-state index contributed by atoms with van der Waals surface area (Å²) < 4.78 is 6.77. The third kappa shape index (κ3) is 5.11. The molecule has 2 bridgehead atoms. The molecule has 8 nitrogen and oxygen atoms in total. The Morgan fingerprint density at radius 2 is 1.81 bits per heavy atom. The molecule has 3 heterocycles. The number of fused-ring (bicyclic) bond motifs is 1. The molecule has 8 heteroatoms. The number of carbonyl (C=O) groups excluding carboxylic acids is 3. The second-order valence-electron chi connectivity index (χ2n) is 12.0. The molecule has 3 amide bonds. The van der Waals surface area contributed by atoms with E-state index >= 15 is 0 Å². The maximum Gasteiger partial charge on any atom is 0.249 e. The van der Waals surface area contributed by atoms with Crippen molar-refractivity contribution < 1.29 is 24.2 Å². The molecule has 3 aliphatic heterocycles. The zero-order valence-electron chi connectivity index (χ0n) is 23.5. The van der Waals surface area contributed by atoms with Crippen LogP contribution in [0.4, 0.5) is 0 Å². The minimum Gasteiger partial charge on any atom is -0.396 e. The molecule has 5 atom stereocenters. The Morgan fingerprint density at radius 3 is 2.38 bits per heavy atom. The lowest BCUT2D eigenvalue weighted by atomic mass is 9.66. The van der Waals surface area contributed by atoms with E-state index in [0.717, 1.165) is 12.8 Å². The van der Waals surface area contributed by atoms with Gasteiger partial charge in [-0.15, -0.1) is 13.2 Å². The molecule has 0 saturated carbocycles. The Labute approximate surface area is 222 Å². The molecule has 1 spiro atoms. The number of amides is 3. The van der Waals surface area contributed by atoms with E-state index in [2.05, 4.69) is 13.2 Å². The van der Waals surface area contributed by atoms with Crippen LogP contribution in [-0.2, 0) is 19.1 Å². The summed E-state index contributed by atoms with van der Waals surface area (Å²) in [6.45, 7) is 19.4. The van der Waals surface area contributed by atoms with Gasteiger partial charge in [0.05, 0.1) is 17.4 Å². The summed E-state index contributed by atoms with van der Waals surface area (Å²) in [7, 11) is 0. The molecule has 208 valence electrons. The van der Waals surface area contributed by atoms with Gasteiger partial charge in [-0.25, -0.2) is 0 Å². The largest absolute Gasteiger partial charge is 0.396 e. The van der Waals surface area contributed by atoms with Gasteiger partial charge in [0.25, 0.3) is 0 Å². The van der Waals surface area contributed by atoms with Crippen molar-refractivity contribution in [3.63, 3.8) is 0 Å². The van der Waals surface area contributed by atoms with E-state index in [4.69, 9.17) is 4.74 Å². The van der Waals surface area contributed by atoms with Gasteiger partial charge in [-0.05, 0) is 66.2 Å². The van der Waals surface area contributed by atoms with Crippen molar-refractivity contribution in [3.8, 4) is 0 Å². The Hall–Kier alpha value is -2.19. The Kier molecular flexibility index (Phi) is 8.95. The first-order valence-electron chi connectivity index (χ1n) is 13.9. The fourth-order valence-electron chi connectivity index (χ4n) is 6.78. The molecule has 3 aliphatic rings. The molecule has 3 fully saturated rings. The molecule has 0 aliphatic carbocycles. The SMILES string of the molecule is C=CCN(CCC)C(=O)[C@H]1[C@H]2C(=O)N(CCCCCO)C(C(=O)N(CC=C)C(C)(C)C)C23CC[C@]1(C)O3. The van der Waals surface area contributed by atoms with E-state index in [1.165, 1.54) is 0 Å². The lowest BCUT2D eigenvalue weighted by Gasteiger charge is -2.42. The Balaban J connectivity index is 2.07. The van der Waals surface area contributed by atoms with Gasteiger partial charge in [0.15, 0.2) is 0 Å². The second-order valence-corrected chi connectivity index (χ2v) is 12.0. The predicted octanol–water partition coefficient (Wildman–Crippen LogP) is 3.15. The number of hydrogen-bond donors (Lipinski definition) is 1. The topological polar surface area (TPSA) is 90.4 Å². The quantitative estimate of drug-likeness (QED) is 0.299.